The summed E-state index contributed by atoms with van der Waals surface area (Å²) in [5.41, 5.74) is 0.552. The maximum absolute atomic E-state index is 11.6. The van der Waals surface area contributed by atoms with Crippen molar-refractivity contribution in [2.75, 3.05) is 6.54 Å². The van der Waals surface area contributed by atoms with E-state index in [9.17, 15) is 4.79 Å². The molecule has 1 N–H and O–H groups in total. The van der Waals surface area contributed by atoms with Gasteiger partial charge in [-0.1, -0.05) is 0 Å². The number of aryl methyl sites for hydroxylation is 1. The molecule has 2 rings (SSSR count). The minimum absolute atomic E-state index is 0.138. The first-order valence-corrected chi connectivity index (χ1v) is 5.35. The topological polar surface area (TPSA) is 68.0 Å². The Labute approximate surface area is 98.9 Å². The molecule has 17 heavy (non-hydrogen) atoms. The molecule has 0 saturated heterocycles. The van der Waals surface area contributed by atoms with Crippen LogP contribution in [0.1, 0.15) is 22.0 Å². The third kappa shape index (κ3) is 3.14. The second-order valence-corrected chi connectivity index (χ2v) is 3.61. The summed E-state index contributed by atoms with van der Waals surface area (Å²) in [6, 6.07) is 3.45. The van der Waals surface area contributed by atoms with Crippen molar-refractivity contribution in [3.8, 4) is 0 Å². The molecule has 0 unspecified atom stereocenters. The quantitative estimate of drug-likeness (QED) is 0.862. The average molecular weight is 231 g/mol. The Morgan fingerprint density at radius 3 is 3.00 bits per heavy atom. The van der Waals surface area contributed by atoms with Gasteiger partial charge in [-0.15, -0.1) is 0 Å². The molecule has 0 bridgehead atoms. The number of pyridine rings is 1. The van der Waals surface area contributed by atoms with E-state index in [1.807, 2.05) is 6.92 Å². The van der Waals surface area contributed by atoms with E-state index in [1.165, 1.54) is 6.20 Å². The maximum atomic E-state index is 11.6. The van der Waals surface area contributed by atoms with Crippen molar-refractivity contribution in [3.05, 3.63) is 47.9 Å². The van der Waals surface area contributed by atoms with Crippen molar-refractivity contribution in [3.63, 3.8) is 0 Å². The minimum Gasteiger partial charge on any atom is -0.446 e. The van der Waals surface area contributed by atoms with E-state index in [0.29, 0.717) is 24.4 Å². The summed E-state index contributed by atoms with van der Waals surface area (Å²) in [7, 11) is 0. The highest BCUT2D eigenvalue weighted by molar-refractivity contribution is 5.93. The summed E-state index contributed by atoms with van der Waals surface area (Å²) in [6.07, 6.45) is 5.41. The lowest BCUT2D eigenvalue weighted by Gasteiger charge is -2.02. The number of nitrogens with zero attached hydrogens (tertiary/aromatic N) is 2. The van der Waals surface area contributed by atoms with Crippen LogP contribution in [-0.2, 0) is 6.42 Å². The van der Waals surface area contributed by atoms with Gasteiger partial charge in [0.25, 0.3) is 5.91 Å². The predicted molar refractivity (Wildman–Crippen MR) is 61.5 cm³/mol. The van der Waals surface area contributed by atoms with Crippen LogP contribution in [-0.4, -0.2) is 22.4 Å². The third-order valence-electron chi connectivity index (χ3n) is 2.22. The molecule has 5 nitrogen and oxygen atoms in total. The third-order valence-corrected chi connectivity index (χ3v) is 2.22. The lowest BCUT2D eigenvalue weighted by atomic mass is 10.2. The van der Waals surface area contributed by atoms with Gasteiger partial charge >= 0.3 is 0 Å². The van der Waals surface area contributed by atoms with Crippen molar-refractivity contribution in [2.45, 2.75) is 13.3 Å². The molecule has 88 valence electrons. The fraction of sp³-hybridized carbons (Fsp3) is 0.250. The molecule has 2 aromatic heterocycles. The number of amides is 1. The van der Waals surface area contributed by atoms with Crippen LogP contribution in [0.2, 0.25) is 0 Å². The van der Waals surface area contributed by atoms with E-state index < -0.39 is 0 Å². The Morgan fingerprint density at radius 1 is 1.47 bits per heavy atom. The summed E-state index contributed by atoms with van der Waals surface area (Å²) in [4.78, 5) is 19.6. The molecule has 2 aromatic rings. The van der Waals surface area contributed by atoms with Crippen LogP contribution in [0.15, 0.2) is 35.1 Å². The highest BCUT2D eigenvalue weighted by Crippen LogP contribution is 2.01. The molecule has 0 radical (unpaired) electrons. The Morgan fingerprint density at radius 2 is 2.35 bits per heavy atom. The molecule has 0 aliphatic rings. The number of carbonyl (C=O) groups excluding carboxylic acids is 1. The van der Waals surface area contributed by atoms with Crippen LogP contribution in [0, 0.1) is 6.92 Å². The second kappa shape index (κ2) is 5.25. The van der Waals surface area contributed by atoms with Crippen LogP contribution >= 0.6 is 0 Å². The van der Waals surface area contributed by atoms with Gasteiger partial charge in [0.1, 0.15) is 5.76 Å². The lowest BCUT2D eigenvalue weighted by molar-refractivity contribution is 0.0953. The normalized spacial score (nSPS) is 10.2. The summed E-state index contributed by atoms with van der Waals surface area (Å²) in [6.45, 7) is 2.33. The minimum atomic E-state index is -0.138. The smallest absolute Gasteiger partial charge is 0.252 e. The summed E-state index contributed by atoms with van der Waals surface area (Å²) in [5, 5.41) is 2.78. The highest BCUT2D eigenvalue weighted by atomic mass is 16.4. The molecule has 0 spiro atoms. The van der Waals surface area contributed by atoms with Crippen molar-refractivity contribution in [1.29, 1.82) is 0 Å². The number of carbonyl (C=O) groups is 1. The van der Waals surface area contributed by atoms with Gasteiger partial charge in [0, 0.05) is 25.4 Å². The first-order chi connectivity index (χ1) is 8.25. The van der Waals surface area contributed by atoms with Crippen LogP contribution in [0.5, 0.6) is 0 Å². The molecular weight excluding hydrogens is 218 g/mol. The molecule has 0 fully saturated rings. The van der Waals surface area contributed by atoms with Crippen molar-refractivity contribution < 1.29 is 9.21 Å². The van der Waals surface area contributed by atoms with Gasteiger partial charge < -0.3 is 9.73 Å². The van der Waals surface area contributed by atoms with E-state index in [4.69, 9.17) is 4.42 Å². The van der Waals surface area contributed by atoms with Crippen LogP contribution < -0.4 is 5.32 Å². The fourth-order valence-electron chi connectivity index (χ4n) is 1.40. The summed E-state index contributed by atoms with van der Waals surface area (Å²) in [5.74, 6) is 1.27. The standard InChI is InChI=1S/C12H13N3O2/c1-9-7-15-11(17-9)4-6-14-12(16)10-3-2-5-13-8-10/h2-3,5,7-8H,4,6H2,1H3,(H,14,16). The van der Waals surface area contributed by atoms with Crippen molar-refractivity contribution in [2.24, 2.45) is 0 Å². The second-order valence-electron chi connectivity index (χ2n) is 3.61. The summed E-state index contributed by atoms with van der Waals surface area (Å²) < 4.78 is 5.30. The number of aromatic nitrogens is 2. The van der Waals surface area contributed by atoms with Crippen LogP contribution in [0.3, 0.4) is 0 Å². The van der Waals surface area contributed by atoms with Gasteiger partial charge in [0.2, 0.25) is 0 Å². The summed E-state index contributed by atoms with van der Waals surface area (Å²) >= 11 is 0. The maximum Gasteiger partial charge on any atom is 0.252 e. The van der Waals surface area contributed by atoms with E-state index in [-0.39, 0.29) is 5.91 Å². The van der Waals surface area contributed by atoms with Crippen LogP contribution in [0.4, 0.5) is 0 Å². The number of hydrogen-bond acceptors (Lipinski definition) is 4. The zero-order valence-electron chi connectivity index (χ0n) is 9.51. The molecule has 2 heterocycles. The molecule has 1 amide bonds. The predicted octanol–water partition coefficient (Wildman–Crippen LogP) is 1.35. The molecule has 0 saturated carbocycles. The first-order valence-electron chi connectivity index (χ1n) is 5.35. The molecule has 5 heteroatoms. The van der Waals surface area contributed by atoms with Crippen molar-refractivity contribution >= 4 is 5.91 Å². The SMILES string of the molecule is Cc1cnc(CCNC(=O)c2cccnc2)o1. The van der Waals surface area contributed by atoms with E-state index in [2.05, 4.69) is 15.3 Å². The van der Waals surface area contributed by atoms with Gasteiger partial charge in [-0.3, -0.25) is 9.78 Å². The Balaban J connectivity index is 1.81. The van der Waals surface area contributed by atoms with E-state index in [0.717, 1.165) is 5.76 Å². The number of oxazole rings is 1. The van der Waals surface area contributed by atoms with Crippen molar-refractivity contribution in [1.82, 2.24) is 15.3 Å². The largest absolute Gasteiger partial charge is 0.446 e. The average Bonchev–Trinajstić information content (AvgIpc) is 2.76. The molecule has 0 aliphatic heterocycles. The van der Waals surface area contributed by atoms with Gasteiger partial charge in [0.15, 0.2) is 5.89 Å². The van der Waals surface area contributed by atoms with Crippen LogP contribution in [0.25, 0.3) is 0 Å². The zero-order chi connectivity index (χ0) is 12.1. The fourth-order valence-corrected chi connectivity index (χ4v) is 1.40. The van der Waals surface area contributed by atoms with Gasteiger partial charge in [0.05, 0.1) is 11.8 Å². The zero-order valence-corrected chi connectivity index (χ0v) is 9.51. The van der Waals surface area contributed by atoms with Gasteiger partial charge in [-0.05, 0) is 19.1 Å². The first kappa shape index (κ1) is 11.3. The Bertz CT molecular complexity index is 493. The molecular formula is C12H13N3O2. The Kier molecular flexibility index (Phi) is 3.49. The van der Waals surface area contributed by atoms with Gasteiger partial charge in [-0.2, -0.15) is 0 Å². The lowest BCUT2D eigenvalue weighted by Crippen LogP contribution is -2.25. The van der Waals surface area contributed by atoms with E-state index >= 15 is 0 Å². The van der Waals surface area contributed by atoms with Gasteiger partial charge in [-0.25, -0.2) is 4.98 Å². The Hall–Kier alpha value is -2.17. The number of rotatable bonds is 4. The monoisotopic (exact) mass is 231 g/mol. The molecule has 0 aliphatic carbocycles. The van der Waals surface area contributed by atoms with E-state index in [1.54, 1.807) is 24.5 Å². The number of nitrogens with one attached hydrogen (secondary N) is 1. The number of hydrogen-bond donors (Lipinski definition) is 1. The molecule has 0 atom stereocenters. The molecule has 0 aromatic carbocycles. The highest BCUT2D eigenvalue weighted by Gasteiger charge is 2.05.